The third-order valence-electron chi connectivity index (χ3n) is 2.09. The Morgan fingerprint density at radius 1 is 1.33 bits per heavy atom. The maximum Gasteiger partial charge on any atom is 0.306 e. The fourth-order valence-corrected chi connectivity index (χ4v) is 1.66. The van der Waals surface area contributed by atoms with Gasteiger partial charge in [0, 0.05) is 19.3 Å². The van der Waals surface area contributed by atoms with E-state index >= 15 is 0 Å². The van der Waals surface area contributed by atoms with Gasteiger partial charge < -0.3 is 9.64 Å². The van der Waals surface area contributed by atoms with Gasteiger partial charge in [0.25, 0.3) is 0 Å². The van der Waals surface area contributed by atoms with E-state index in [0.29, 0.717) is 19.5 Å². The number of methoxy groups -OCH3 is 1. The molecule has 6 heteroatoms. The molecule has 0 aliphatic rings. The van der Waals surface area contributed by atoms with Gasteiger partial charge in [-0.05, 0) is 6.54 Å². The molecule has 0 N–H and O–H groups in total. The van der Waals surface area contributed by atoms with Crippen molar-refractivity contribution in [3.8, 4) is 0 Å². The van der Waals surface area contributed by atoms with Crippen molar-refractivity contribution in [2.45, 2.75) is 13.3 Å². The lowest BCUT2D eigenvalue weighted by atomic mass is 10.4. The van der Waals surface area contributed by atoms with Gasteiger partial charge in [-0.25, -0.2) is 8.42 Å². The molecular weight excluding hydrogens is 218 g/mol. The van der Waals surface area contributed by atoms with Crippen LogP contribution in [0.1, 0.15) is 13.3 Å². The highest BCUT2D eigenvalue weighted by Crippen LogP contribution is 1.95. The summed E-state index contributed by atoms with van der Waals surface area (Å²) >= 11 is 0. The number of nitrogens with zero attached hydrogens (tertiary/aromatic N) is 1. The molecule has 0 aliphatic heterocycles. The second kappa shape index (κ2) is 6.79. The first-order valence-electron chi connectivity index (χ1n) is 4.86. The first kappa shape index (κ1) is 14.4. The van der Waals surface area contributed by atoms with Crippen LogP contribution in [0.4, 0.5) is 0 Å². The second-order valence-electron chi connectivity index (χ2n) is 3.39. The highest BCUT2D eigenvalue weighted by atomic mass is 32.2. The van der Waals surface area contributed by atoms with Gasteiger partial charge in [0.1, 0.15) is 9.84 Å². The summed E-state index contributed by atoms with van der Waals surface area (Å²) in [5, 5.41) is 0. The van der Waals surface area contributed by atoms with Gasteiger partial charge >= 0.3 is 5.97 Å². The number of carbonyl (C=O) groups excluding carboxylic acids is 1. The van der Waals surface area contributed by atoms with Crippen molar-refractivity contribution in [3.05, 3.63) is 0 Å². The molecule has 0 aromatic rings. The van der Waals surface area contributed by atoms with Crippen molar-refractivity contribution in [1.29, 1.82) is 0 Å². The van der Waals surface area contributed by atoms with Crippen LogP contribution in [-0.2, 0) is 19.4 Å². The van der Waals surface area contributed by atoms with Gasteiger partial charge in [0.2, 0.25) is 0 Å². The summed E-state index contributed by atoms with van der Waals surface area (Å²) in [5.74, 6) is -0.144. The van der Waals surface area contributed by atoms with E-state index in [-0.39, 0.29) is 11.7 Å². The van der Waals surface area contributed by atoms with Crippen LogP contribution >= 0.6 is 0 Å². The molecule has 0 atom stereocenters. The van der Waals surface area contributed by atoms with Crippen molar-refractivity contribution < 1.29 is 17.9 Å². The first-order valence-corrected chi connectivity index (χ1v) is 6.92. The van der Waals surface area contributed by atoms with Crippen LogP contribution in [0.15, 0.2) is 0 Å². The molecule has 0 fully saturated rings. The fourth-order valence-electron chi connectivity index (χ4n) is 1.07. The van der Waals surface area contributed by atoms with Gasteiger partial charge in [-0.3, -0.25) is 4.79 Å². The Hall–Kier alpha value is -0.620. The average molecular weight is 237 g/mol. The summed E-state index contributed by atoms with van der Waals surface area (Å²) in [5.41, 5.74) is 0. The van der Waals surface area contributed by atoms with Crippen LogP contribution in [0.2, 0.25) is 0 Å². The van der Waals surface area contributed by atoms with Gasteiger partial charge in [-0.15, -0.1) is 0 Å². The zero-order chi connectivity index (χ0) is 11.9. The molecular formula is C9H19NO4S. The minimum absolute atomic E-state index is 0.127. The molecule has 0 aromatic carbocycles. The molecule has 0 amide bonds. The molecule has 0 spiro atoms. The molecule has 5 nitrogen and oxygen atoms in total. The molecule has 0 saturated heterocycles. The standard InChI is InChI=1S/C9H19NO4S/c1-4-10(6-5-9(11)14-2)7-8-15(3,12)13/h4-8H2,1-3H3. The molecule has 0 unspecified atom stereocenters. The van der Waals surface area contributed by atoms with Crippen molar-refractivity contribution >= 4 is 15.8 Å². The summed E-state index contributed by atoms with van der Waals surface area (Å²) in [6, 6.07) is 0. The van der Waals surface area contributed by atoms with E-state index in [1.54, 1.807) is 0 Å². The van der Waals surface area contributed by atoms with Gasteiger partial charge in [-0.1, -0.05) is 6.92 Å². The van der Waals surface area contributed by atoms with Crippen LogP contribution < -0.4 is 0 Å². The zero-order valence-electron chi connectivity index (χ0n) is 9.52. The van der Waals surface area contributed by atoms with Gasteiger partial charge in [0.15, 0.2) is 0 Å². The molecule has 0 bridgehead atoms. The lowest BCUT2D eigenvalue weighted by Gasteiger charge is -2.18. The van der Waals surface area contributed by atoms with E-state index in [2.05, 4.69) is 4.74 Å². The van der Waals surface area contributed by atoms with Crippen LogP contribution in [0.25, 0.3) is 0 Å². The third kappa shape index (κ3) is 8.38. The Balaban J connectivity index is 3.88. The normalized spacial score (nSPS) is 11.7. The molecule has 15 heavy (non-hydrogen) atoms. The quantitative estimate of drug-likeness (QED) is 0.579. The molecule has 0 radical (unpaired) electrons. The minimum atomic E-state index is -2.93. The van der Waals surface area contributed by atoms with Crippen LogP contribution in [0.3, 0.4) is 0 Å². The van der Waals surface area contributed by atoms with Gasteiger partial charge in [-0.2, -0.15) is 0 Å². The predicted octanol–water partition coefficient (Wildman–Crippen LogP) is -0.0840. The van der Waals surface area contributed by atoms with E-state index in [9.17, 15) is 13.2 Å². The second-order valence-corrected chi connectivity index (χ2v) is 5.65. The summed E-state index contributed by atoms with van der Waals surface area (Å²) in [7, 11) is -1.59. The molecule has 0 heterocycles. The molecule has 0 rings (SSSR count). The van der Waals surface area contributed by atoms with E-state index in [4.69, 9.17) is 0 Å². The Morgan fingerprint density at radius 3 is 2.33 bits per heavy atom. The van der Waals surface area contributed by atoms with Crippen molar-refractivity contribution in [3.63, 3.8) is 0 Å². The largest absolute Gasteiger partial charge is 0.469 e. The molecule has 90 valence electrons. The monoisotopic (exact) mass is 237 g/mol. The van der Waals surface area contributed by atoms with Crippen molar-refractivity contribution in [1.82, 2.24) is 4.90 Å². The molecule has 0 saturated carbocycles. The summed E-state index contributed by atoms with van der Waals surface area (Å²) in [6.07, 6.45) is 1.51. The summed E-state index contributed by atoms with van der Waals surface area (Å²) < 4.78 is 26.4. The van der Waals surface area contributed by atoms with Crippen LogP contribution in [-0.4, -0.2) is 58.0 Å². The fraction of sp³-hybridized carbons (Fsp3) is 0.889. The zero-order valence-corrected chi connectivity index (χ0v) is 10.3. The Bertz CT molecular complexity index is 286. The van der Waals surface area contributed by atoms with Gasteiger partial charge in [0.05, 0.1) is 19.3 Å². The summed E-state index contributed by atoms with van der Waals surface area (Å²) in [4.78, 5) is 12.8. The van der Waals surface area contributed by atoms with E-state index in [1.165, 1.54) is 13.4 Å². The first-order chi connectivity index (χ1) is 6.89. The number of hydrogen-bond acceptors (Lipinski definition) is 5. The molecule has 0 aromatic heterocycles. The maximum atomic E-state index is 10.9. The lowest BCUT2D eigenvalue weighted by Crippen LogP contribution is -2.31. The predicted molar refractivity (Wildman–Crippen MR) is 58.5 cm³/mol. The lowest BCUT2D eigenvalue weighted by molar-refractivity contribution is -0.140. The highest BCUT2D eigenvalue weighted by Gasteiger charge is 2.09. The Labute approximate surface area is 91.3 Å². The third-order valence-corrected chi connectivity index (χ3v) is 3.01. The van der Waals surface area contributed by atoms with E-state index in [0.717, 1.165) is 6.54 Å². The number of rotatable bonds is 7. The summed E-state index contributed by atoms with van der Waals surface area (Å²) in [6.45, 7) is 3.66. The van der Waals surface area contributed by atoms with E-state index < -0.39 is 9.84 Å². The number of sulfone groups is 1. The van der Waals surface area contributed by atoms with Crippen molar-refractivity contribution in [2.24, 2.45) is 0 Å². The SMILES string of the molecule is CCN(CCC(=O)OC)CCS(C)(=O)=O. The van der Waals surface area contributed by atoms with E-state index in [1.807, 2.05) is 11.8 Å². The topological polar surface area (TPSA) is 63.7 Å². The van der Waals surface area contributed by atoms with Crippen molar-refractivity contribution in [2.75, 3.05) is 38.8 Å². The number of hydrogen-bond donors (Lipinski definition) is 0. The number of carbonyl (C=O) groups is 1. The smallest absolute Gasteiger partial charge is 0.306 e. The average Bonchev–Trinajstić information content (AvgIpc) is 2.16. The number of ether oxygens (including phenoxy) is 1. The highest BCUT2D eigenvalue weighted by molar-refractivity contribution is 7.90. The van der Waals surface area contributed by atoms with Crippen LogP contribution in [0, 0.1) is 0 Å². The maximum absolute atomic E-state index is 10.9. The number of esters is 1. The Kier molecular flexibility index (Phi) is 6.51. The Morgan fingerprint density at radius 2 is 1.93 bits per heavy atom. The van der Waals surface area contributed by atoms with Crippen LogP contribution in [0.5, 0.6) is 0 Å². The molecule has 0 aliphatic carbocycles. The minimum Gasteiger partial charge on any atom is -0.469 e.